The Morgan fingerprint density at radius 3 is 2.65 bits per heavy atom. The summed E-state index contributed by atoms with van der Waals surface area (Å²) in [5.74, 6) is 0.722. The summed E-state index contributed by atoms with van der Waals surface area (Å²) >= 11 is 0. The Morgan fingerprint density at radius 1 is 1.35 bits per heavy atom. The Morgan fingerprint density at radius 2 is 2.05 bits per heavy atom. The lowest BCUT2D eigenvalue weighted by molar-refractivity contribution is -0.0925. The quantitative estimate of drug-likeness (QED) is 0.886. The minimum atomic E-state index is -0.114. The minimum absolute atomic E-state index is 0.0907. The van der Waals surface area contributed by atoms with Gasteiger partial charge in [0.05, 0.1) is 5.60 Å². The molecule has 0 radical (unpaired) electrons. The Balaban J connectivity index is 2.10. The number of nitrogens with two attached hydrogens (primary N) is 1. The molecular formula is C18H29NO. The smallest absolute Gasteiger partial charge is 0.0838 e. The van der Waals surface area contributed by atoms with E-state index in [4.69, 9.17) is 10.5 Å². The molecule has 0 aromatic heterocycles. The van der Waals surface area contributed by atoms with Crippen molar-refractivity contribution in [3.63, 3.8) is 0 Å². The van der Waals surface area contributed by atoms with E-state index in [2.05, 4.69) is 45.0 Å². The summed E-state index contributed by atoms with van der Waals surface area (Å²) in [6, 6.07) is 8.81. The second kappa shape index (κ2) is 6.73. The normalized spacial score (nSPS) is 28.3. The average Bonchev–Trinajstić information content (AvgIpc) is 2.41. The zero-order valence-corrected chi connectivity index (χ0v) is 13.2. The summed E-state index contributed by atoms with van der Waals surface area (Å²) in [4.78, 5) is 0. The average molecular weight is 275 g/mol. The van der Waals surface area contributed by atoms with Gasteiger partial charge in [0.2, 0.25) is 0 Å². The van der Waals surface area contributed by atoms with E-state index in [0.29, 0.717) is 0 Å². The standard InChI is InChI=1S/C18H29NO/c1-4-20-18(11-5-6-15(3)13-18)17(19)12-16-9-7-14(2)8-10-16/h7-10,15,17H,4-6,11-13,19H2,1-3H3. The molecule has 0 spiro atoms. The lowest BCUT2D eigenvalue weighted by Gasteiger charge is -2.44. The van der Waals surface area contributed by atoms with Crippen molar-refractivity contribution in [3.8, 4) is 0 Å². The molecule has 2 N–H and O–H groups in total. The van der Waals surface area contributed by atoms with Crippen LogP contribution in [-0.4, -0.2) is 18.2 Å². The topological polar surface area (TPSA) is 35.2 Å². The highest BCUT2D eigenvalue weighted by Gasteiger charge is 2.40. The molecule has 0 aliphatic heterocycles. The molecule has 1 saturated carbocycles. The minimum Gasteiger partial charge on any atom is -0.374 e. The van der Waals surface area contributed by atoms with Crippen molar-refractivity contribution in [2.75, 3.05) is 6.61 Å². The van der Waals surface area contributed by atoms with E-state index in [1.165, 1.54) is 24.0 Å². The zero-order valence-electron chi connectivity index (χ0n) is 13.2. The van der Waals surface area contributed by atoms with Gasteiger partial charge in [0, 0.05) is 12.6 Å². The van der Waals surface area contributed by atoms with Crippen LogP contribution in [-0.2, 0) is 11.2 Å². The predicted molar refractivity (Wildman–Crippen MR) is 84.8 cm³/mol. The van der Waals surface area contributed by atoms with Crippen molar-refractivity contribution >= 4 is 0 Å². The summed E-state index contributed by atoms with van der Waals surface area (Å²) < 4.78 is 6.17. The monoisotopic (exact) mass is 275 g/mol. The lowest BCUT2D eigenvalue weighted by Crippen LogP contribution is -2.53. The van der Waals surface area contributed by atoms with Crippen LogP contribution >= 0.6 is 0 Å². The molecular weight excluding hydrogens is 246 g/mol. The van der Waals surface area contributed by atoms with Gasteiger partial charge >= 0.3 is 0 Å². The molecule has 3 atom stereocenters. The van der Waals surface area contributed by atoms with Crippen LogP contribution < -0.4 is 5.73 Å². The SMILES string of the molecule is CCOC1(C(N)Cc2ccc(C)cc2)CCCC(C)C1. The van der Waals surface area contributed by atoms with Gasteiger partial charge in [0.15, 0.2) is 0 Å². The van der Waals surface area contributed by atoms with Gasteiger partial charge in [-0.25, -0.2) is 0 Å². The maximum atomic E-state index is 6.58. The first-order chi connectivity index (χ1) is 9.55. The van der Waals surface area contributed by atoms with Crippen LogP contribution in [0.3, 0.4) is 0 Å². The highest BCUT2D eigenvalue weighted by atomic mass is 16.5. The molecule has 2 heteroatoms. The van der Waals surface area contributed by atoms with Crippen LogP contribution in [0.5, 0.6) is 0 Å². The molecule has 1 aromatic rings. The first-order valence-electron chi connectivity index (χ1n) is 8.01. The van der Waals surface area contributed by atoms with E-state index in [1.54, 1.807) is 0 Å². The van der Waals surface area contributed by atoms with Gasteiger partial charge in [-0.15, -0.1) is 0 Å². The number of rotatable bonds is 5. The van der Waals surface area contributed by atoms with E-state index in [0.717, 1.165) is 31.8 Å². The summed E-state index contributed by atoms with van der Waals surface area (Å²) in [7, 11) is 0. The molecule has 0 amide bonds. The van der Waals surface area contributed by atoms with Crippen LogP contribution in [0.15, 0.2) is 24.3 Å². The van der Waals surface area contributed by atoms with Crippen LogP contribution in [0.2, 0.25) is 0 Å². The summed E-state index contributed by atoms with van der Waals surface area (Å²) in [5.41, 5.74) is 9.08. The fraction of sp³-hybridized carbons (Fsp3) is 0.667. The number of hydrogen-bond acceptors (Lipinski definition) is 2. The first kappa shape index (κ1) is 15.5. The van der Waals surface area contributed by atoms with Crippen LogP contribution in [0.1, 0.15) is 50.7 Å². The fourth-order valence-corrected chi connectivity index (χ4v) is 3.57. The third kappa shape index (κ3) is 3.62. The Bertz CT molecular complexity index is 410. The molecule has 2 nitrogen and oxygen atoms in total. The van der Waals surface area contributed by atoms with E-state index in [-0.39, 0.29) is 11.6 Å². The fourth-order valence-electron chi connectivity index (χ4n) is 3.57. The Kier molecular flexibility index (Phi) is 5.22. The van der Waals surface area contributed by atoms with Crippen molar-refractivity contribution in [1.29, 1.82) is 0 Å². The molecule has 20 heavy (non-hydrogen) atoms. The van der Waals surface area contributed by atoms with E-state index in [1.807, 2.05) is 0 Å². The van der Waals surface area contributed by atoms with E-state index < -0.39 is 0 Å². The van der Waals surface area contributed by atoms with Gasteiger partial charge in [-0.3, -0.25) is 0 Å². The van der Waals surface area contributed by atoms with Gasteiger partial charge in [-0.2, -0.15) is 0 Å². The predicted octanol–water partition coefficient (Wildman–Crippen LogP) is 3.85. The van der Waals surface area contributed by atoms with Crippen molar-refractivity contribution in [3.05, 3.63) is 35.4 Å². The van der Waals surface area contributed by atoms with Crippen molar-refractivity contribution < 1.29 is 4.74 Å². The molecule has 3 unspecified atom stereocenters. The number of ether oxygens (including phenoxy) is 1. The van der Waals surface area contributed by atoms with Gasteiger partial charge < -0.3 is 10.5 Å². The van der Waals surface area contributed by atoms with Crippen LogP contribution in [0.4, 0.5) is 0 Å². The molecule has 2 rings (SSSR count). The maximum absolute atomic E-state index is 6.58. The summed E-state index contributed by atoms with van der Waals surface area (Å²) in [5, 5.41) is 0. The van der Waals surface area contributed by atoms with Gasteiger partial charge in [-0.05, 0) is 44.6 Å². The highest BCUT2D eigenvalue weighted by Crippen LogP contribution is 2.38. The second-order valence-electron chi connectivity index (χ2n) is 6.50. The van der Waals surface area contributed by atoms with Gasteiger partial charge in [0.1, 0.15) is 0 Å². The van der Waals surface area contributed by atoms with Gasteiger partial charge in [-0.1, -0.05) is 49.6 Å². The second-order valence-corrected chi connectivity index (χ2v) is 6.50. The molecule has 0 saturated heterocycles. The molecule has 1 aromatic carbocycles. The molecule has 1 aliphatic rings. The third-order valence-electron chi connectivity index (χ3n) is 4.67. The summed E-state index contributed by atoms with van der Waals surface area (Å²) in [6.45, 7) is 7.29. The highest BCUT2D eigenvalue weighted by molar-refractivity contribution is 5.22. The molecule has 1 fully saturated rings. The number of hydrogen-bond donors (Lipinski definition) is 1. The lowest BCUT2D eigenvalue weighted by atomic mass is 9.73. The van der Waals surface area contributed by atoms with Crippen LogP contribution in [0, 0.1) is 12.8 Å². The summed E-state index contributed by atoms with van der Waals surface area (Å²) in [6.07, 6.45) is 5.67. The Labute approximate surface area is 123 Å². The van der Waals surface area contributed by atoms with Crippen molar-refractivity contribution in [1.82, 2.24) is 0 Å². The number of aryl methyl sites for hydroxylation is 1. The largest absolute Gasteiger partial charge is 0.374 e. The number of benzene rings is 1. The third-order valence-corrected chi connectivity index (χ3v) is 4.67. The Hall–Kier alpha value is -0.860. The van der Waals surface area contributed by atoms with Crippen molar-refractivity contribution in [2.45, 2.75) is 64.5 Å². The molecule has 112 valence electrons. The van der Waals surface area contributed by atoms with E-state index >= 15 is 0 Å². The van der Waals surface area contributed by atoms with Gasteiger partial charge in [0.25, 0.3) is 0 Å². The zero-order chi connectivity index (χ0) is 14.6. The molecule has 0 heterocycles. The first-order valence-corrected chi connectivity index (χ1v) is 8.01. The maximum Gasteiger partial charge on any atom is 0.0838 e. The molecule has 0 bridgehead atoms. The van der Waals surface area contributed by atoms with Crippen LogP contribution in [0.25, 0.3) is 0 Å². The molecule has 1 aliphatic carbocycles. The van der Waals surface area contributed by atoms with E-state index in [9.17, 15) is 0 Å². The van der Waals surface area contributed by atoms with Crippen molar-refractivity contribution in [2.24, 2.45) is 11.7 Å².